The maximum Gasteiger partial charge on any atom is 0.133 e. The van der Waals surface area contributed by atoms with Gasteiger partial charge in [-0.15, -0.1) is 24.2 Å². The van der Waals surface area contributed by atoms with E-state index >= 15 is 0 Å². The standard InChI is InChI=1S/C17H23Cl2NOS.ClH/c1-20(2)9-4-10-22-16(12-21)17(7-3-8-17)13-5-6-14(18)15(19)11-13;/h5-6,11-12,16H,3-4,7-10H2,1-2H3;1H. The van der Waals surface area contributed by atoms with Gasteiger partial charge in [0.1, 0.15) is 6.29 Å². The van der Waals surface area contributed by atoms with Gasteiger partial charge in [-0.2, -0.15) is 0 Å². The molecule has 0 saturated heterocycles. The van der Waals surface area contributed by atoms with Gasteiger partial charge in [0.05, 0.1) is 15.3 Å². The van der Waals surface area contributed by atoms with Gasteiger partial charge in [0, 0.05) is 5.41 Å². The van der Waals surface area contributed by atoms with E-state index in [-0.39, 0.29) is 23.1 Å². The third kappa shape index (κ3) is 5.02. The molecule has 0 amide bonds. The van der Waals surface area contributed by atoms with Crippen LogP contribution in [0.25, 0.3) is 0 Å². The molecule has 0 N–H and O–H groups in total. The number of rotatable bonds is 8. The van der Waals surface area contributed by atoms with Crippen LogP contribution in [0.5, 0.6) is 0 Å². The zero-order valence-electron chi connectivity index (χ0n) is 13.6. The maximum atomic E-state index is 11.7. The molecule has 1 saturated carbocycles. The van der Waals surface area contributed by atoms with Crippen LogP contribution >= 0.6 is 47.4 Å². The van der Waals surface area contributed by atoms with Crippen molar-refractivity contribution in [3.05, 3.63) is 33.8 Å². The van der Waals surface area contributed by atoms with Crippen LogP contribution in [0.3, 0.4) is 0 Å². The van der Waals surface area contributed by atoms with Gasteiger partial charge in [-0.25, -0.2) is 0 Å². The molecule has 0 radical (unpaired) electrons. The largest absolute Gasteiger partial charge is 0.309 e. The zero-order valence-corrected chi connectivity index (χ0v) is 16.7. The summed E-state index contributed by atoms with van der Waals surface area (Å²) in [6.45, 7) is 1.05. The van der Waals surface area contributed by atoms with Gasteiger partial charge in [0.15, 0.2) is 0 Å². The van der Waals surface area contributed by atoms with Crippen LogP contribution in [0.15, 0.2) is 18.2 Å². The molecule has 0 heterocycles. The van der Waals surface area contributed by atoms with E-state index in [4.69, 9.17) is 23.2 Å². The first-order chi connectivity index (χ1) is 10.5. The monoisotopic (exact) mass is 395 g/mol. The number of benzene rings is 1. The summed E-state index contributed by atoms with van der Waals surface area (Å²) in [6.07, 6.45) is 5.49. The predicted molar refractivity (Wildman–Crippen MR) is 105 cm³/mol. The molecule has 130 valence electrons. The molecular formula is C17H24Cl3NOS. The molecule has 1 fully saturated rings. The average Bonchev–Trinajstić information content (AvgIpc) is 2.43. The Morgan fingerprint density at radius 1 is 1.30 bits per heavy atom. The molecule has 23 heavy (non-hydrogen) atoms. The Morgan fingerprint density at radius 2 is 2.00 bits per heavy atom. The molecule has 0 spiro atoms. The minimum atomic E-state index is -0.0568. The van der Waals surface area contributed by atoms with Gasteiger partial charge in [-0.3, -0.25) is 0 Å². The highest BCUT2D eigenvalue weighted by Gasteiger charge is 2.45. The molecule has 1 unspecified atom stereocenters. The Hall–Kier alpha value is 0.0700. The van der Waals surface area contributed by atoms with Crippen molar-refractivity contribution in [1.29, 1.82) is 0 Å². The summed E-state index contributed by atoms with van der Waals surface area (Å²) in [5, 5.41) is 1.15. The van der Waals surface area contributed by atoms with Crippen LogP contribution in [-0.2, 0) is 10.2 Å². The third-order valence-electron chi connectivity index (χ3n) is 4.46. The summed E-state index contributed by atoms with van der Waals surface area (Å²) in [4.78, 5) is 13.9. The molecule has 1 atom stereocenters. The van der Waals surface area contributed by atoms with E-state index in [2.05, 4.69) is 19.0 Å². The van der Waals surface area contributed by atoms with Crippen molar-refractivity contribution < 1.29 is 4.79 Å². The lowest BCUT2D eigenvalue weighted by Crippen LogP contribution is -2.45. The number of hydrogen-bond acceptors (Lipinski definition) is 3. The minimum absolute atomic E-state index is 0. The van der Waals surface area contributed by atoms with Gasteiger partial charge < -0.3 is 9.69 Å². The fourth-order valence-electron chi connectivity index (χ4n) is 3.02. The van der Waals surface area contributed by atoms with E-state index in [1.54, 1.807) is 11.8 Å². The van der Waals surface area contributed by atoms with Crippen molar-refractivity contribution >= 4 is 53.7 Å². The Labute approximate surface area is 159 Å². The van der Waals surface area contributed by atoms with Crippen molar-refractivity contribution in [2.45, 2.75) is 36.3 Å². The number of nitrogens with zero attached hydrogens (tertiary/aromatic N) is 1. The molecule has 2 rings (SSSR count). The van der Waals surface area contributed by atoms with E-state index in [0.29, 0.717) is 10.0 Å². The normalized spacial score (nSPS) is 17.3. The predicted octanol–water partition coefficient (Wildman–Crippen LogP) is 5.09. The fraction of sp³-hybridized carbons (Fsp3) is 0.588. The van der Waals surface area contributed by atoms with Crippen molar-refractivity contribution in [1.82, 2.24) is 4.90 Å². The quantitative estimate of drug-likeness (QED) is 0.451. The summed E-state index contributed by atoms with van der Waals surface area (Å²) in [7, 11) is 4.15. The van der Waals surface area contributed by atoms with E-state index < -0.39 is 0 Å². The van der Waals surface area contributed by atoms with Crippen LogP contribution < -0.4 is 0 Å². The van der Waals surface area contributed by atoms with Crippen molar-refractivity contribution in [3.8, 4) is 0 Å². The molecule has 0 aliphatic heterocycles. The second-order valence-electron chi connectivity index (χ2n) is 6.22. The molecule has 1 aromatic carbocycles. The Balaban J connectivity index is 0.00000264. The van der Waals surface area contributed by atoms with Gasteiger partial charge in [0.2, 0.25) is 0 Å². The summed E-state index contributed by atoms with van der Waals surface area (Å²) >= 11 is 14.0. The lowest BCUT2D eigenvalue weighted by Gasteiger charge is -2.46. The Morgan fingerprint density at radius 3 is 2.48 bits per heavy atom. The lowest BCUT2D eigenvalue weighted by molar-refractivity contribution is -0.109. The minimum Gasteiger partial charge on any atom is -0.309 e. The first kappa shape index (κ1) is 21.1. The average molecular weight is 397 g/mol. The van der Waals surface area contributed by atoms with Gasteiger partial charge in [-0.05, 0) is 63.4 Å². The van der Waals surface area contributed by atoms with Crippen LogP contribution in [0.4, 0.5) is 0 Å². The van der Waals surface area contributed by atoms with Crippen molar-refractivity contribution in [2.75, 3.05) is 26.4 Å². The highest BCUT2D eigenvalue weighted by atomic mass is 35.5. The molecule has 6 heteroatoms. The molecule has 0 bridgehead atoms. The molecule has 1 aromatic rings. The maximum absolute atomic E-state index is 11.7. The zero-order chi connectivity index (χ0) is 16.2. The van der Waals surface area contributed by atoms with E-state index in [9.17, 15) is 4.79 Å². The van der Waals surface area contributed by atoms with Crippen LogP contribution in [0.1, 0.15) is 31.2 Å². The summed E-state index contributed by atoms with van der Waals surface area (Å²) < 4.78 is 0. The first-order valence-electron chi connectivity index (χ1n) is 7.67. The number of hydrogen-bond donors (Lipinski definition) is 0. The lowest BCUT2D eigenvalue weighted by atomic mass is 9.62. The Bertz CT molecular complexity index is 521. The summed E-state index contributed by atoms with van der Waals surface area (Å²) in [5.41, 5.74) is 1.10. The topological polar surface area (TPSA) is 20.3 Å². The van der Waals surface area contributed by atoms with Crippen LogP contribution in [0.2, 0.25) is 10.0 Å². The molecule has 0 aromatic heterocycles. The van der Waals surface area contributed by atoms with Crippen molar-refractivity contribution in [2.24, 2.45) is 0 Å². The number of thioether (sulfide) groups is 1. The van der Waals surface area contributed by atoms with Gasteiger partial charge >= 0.3 is 0 Å². The van der Waals surface area contributed by atoms with Crippen molar-refractivity contribution in [3.63, 3.8) is 0 Å². The number of halogens is 3. The highest BCUT2D eigenvalue weighted by Crippen LogP contribution is 2.50. The highest BCUT2D eigenvalue weighted by molar-refractivity contribution is 8.00. The second-order valence-corrected chi connectivity index (χ2v) is 8.29. The van der Waals surface area contributed by atoms with Gasteiger partial charge in [-0.1, -0.05) is 35.7 Å². The summed E-state index contributed by atoms with van der Waals surface area (Å²) in [6, 6.07) is 5.82. The number of carbonyl (C=O) groups is 1. The van der Waals surface area contributed by atoms with E-state index in [1.165, 1.54) is 6.42 Å². The molecule has 2 nitrogen and oxygen atoms in total. The van der Waals surface area contributed by atoms with E-state index in [1.807, 2.05) is 18.2 Å². The van der Waals surface area contributed by atoms with Crippen LogP contribution in [-0.4, -0.2) is 42.8 Å². The SMILES string of the molecule is CN(C)CCCSC(C=O)C1(c2ccc(Cl)c(Cl)c2)CCC1.Cl. The second kappa shape index (κ2) is 9.53. The first-order valence-corrected chi connectivity index (χ1v) is 9.47. The van der Waals surface area contributed by atoms with E-state index in [0.717, 1.165) is 43.4 Å². The summed E-state index contributed by atoms with van der Waals surface area (Å²) in [5.74, 6) is 1.00. The number of carbonyl (C=O) groups excluding carboxylic acids is 1. The molecule has 1 aliphatic carbocycles. The van der Waals surface area contributed by atoms with Crippen LogP contribution in [0, 0.1) is 0 Å². The molecular weight excluding hydrogens is 373 g/mol. The number of aldehydes is 1. The smallest absolute Gasteiger partial charge is 0.133 e. The third-order valence-corrected chi connectivity index (χ3v) is 6.64. The molecule has 1 aliphatic rings. The van der Waals surface area contributed by atoms with Gasteiger partial charge in [0.25, 0.3) is 0 Å². The Kier molecular flexibility index (Phi) is 8.75. The fourth-order valence-corrected chi connectivity index (χ4v) is 4.64.